The van der Waals surface area contributed by atoms with E-state index in [-0.39, 0.29) is 12.2 Å². The lowest BCUT2D eigenvalue weighted by atomic mass is 9.83. The molecule has 0 spiro atoms. The SMILES string of the molecule is CCC(=O)[C@@](C)(O)[C@H]1CCOC1=O. The molecule has 0 amide bonds. The zero-order chi connectivity index (χ0) is 10.1. The summed E-state index contributed by atoms with van der Waals surface area (Å²) in [6.07, 6.45) is 0.661. The van der Waals surface area contributed by atoms with Gasteiger partial charge in [0.05, 0.1) is 12.5 Å². The maximum atomic E-state index is 11.3. The predicted molar refractivity (Wildman–Crippen MR) is 45.0 cm³/mol. The first kappa shape index (κ1) is 10.2. The van der Waals surface area contributed by atoms with Gasteiger partial charge in [0.15, 0.2) is 5.78 Å². The fourth-order valence-corrected chi connectivity index (χ4v) is 1.56. The highest BCUT2D eigenvalue weighted by molar-refractivity contribution is 5.92. The van der Waals surface area contributed by atoms with Crippen molar-refractivity contribution < 1.29 is 19.4 Å². The van der Waals surface area contributed by atoms with E-state index in [0.29, 0.717) is 13.0 Å². The minimum atomic E-state index is -1.55. The monoisotopic (exact) mass is 186 g/mol. The standard InChI is InChI=1S/C9H14O4/c1-3-7(10)9(2,12)6-4-5-13-8(6)11/h6,12H,3-5H2,1-2H3/t6-,9-/m0/s1. The number of esters is 1. The molecule has 1 aliphatic rings. The molecule has 74 valence electrons. The van der Waals surface area contributed by atoms with Gasteiger partial charge in [-0.2, -0.15) is 0 Å². The van der Waals surface area contributed by atoms with E-state index in [1.54, 1.807) is 6.92 Å². The molecule has 1 aliphatic heterocycles. The first-order valence-electron chi connectivity index (χ1n) is 4.42. The van der Waals surface area contributed by atoms with Crippen LogP contribution in [0.15, 0.2) is 0 Å². The van der Waals surface area contributed by atoms with Crippen LogP contribution in [-0.2, 0) is 14.3 Å². The van der Waals surface area contributed by atoms with Crippen molar-refractivity contribution in [3.05, 3.63) is 0 Å². The van der Waals surface area contributed by atoms with Crippen molar-refractivity contribution in [3.63, 3.8) is 0 Å². The highest BCUT2D eigenvalue weighted by atomic mass is 16.5. The summed E-state index contributed by atoms with van der Waals surface area (Å²) < 4.78 is 4.70. The lowest BCUT2D eigenvalue weighted by Crippen LogP contribution is -2.44. The van der Waals surface area contributed by atoms with E-state index in [4.69, 9.17) is 4.74 Å². The van der Waals surface area contributed by atoms with E-state index in [1.165, 1.54) is 6.92 Å². The Hall–Kier alpha value is -0.900. The molecule has 0 aromatic carbocycles. The molecule has 1 N–H and O–H groups in total. The third kappa shape index (κ3) is 1.72. The van der Waals surface area contributed by atoms with E-state index in [1.807, 2.05) is 0 Å². The maximum Gasteiger partial charge on any atom is 0.312 e. The summed E-state index contributed by atoms with van der Waals surface area (Å²) in [6, 6.07) is 0. The number of ketones is 1. The lowest BCUT2D eigenvalue weighted by molar-refractivity contribution is -0.155. The van der Waals surface area contributed by atoms with Crippen molar-refractivity contribution in [2.45, 2.75) is 32.3 Å². The Kier molecular flexibility index (Phi) is 2.71. The van der Waals surface area contributed by atoms with Crippen LogP contribution in [0.5, 0.6) is 0 Å². The van der Waals surface area contributed by atoms with Gasteiger partial charge in [0.25, 0.3) is 0 Å². The van der Waals surface area contributed by atoms with E-state index in [0.717, 1.165) is 0 Å². The van der Waals surface area contributed by atoms with E-state index in [2.05, 4.69) is 0 Å². The summed E-state index contributed by atoms with van der Waals surface area (Å²) in [5.74, 6) is -1.46. The summed E-state index contributed by atoms with van der Waals surface area (Å²) in [5.41, 5.74) is -1.55. The van der Waals surface area contributed by atoms with Gasteiger partial charge < -0.3 is 9.84 Å². The van der Waals surface area contributed by atoms with Gasteiger partial charge in [0, 0.05) is 6.42 Å². The maximum absolute atomic E-state index is 11.3. The summed E-state index contributed by atoms with van der Waals surface area (Å²) in [4.78, 5) is 22.4. The molecule has 0 aliphatic carbocycles. The van der Waals surface area contributed by atoms with Gasteiger partial charge in [0.1, 0.15) is 5.60 Å². The molecule has 0 saturated carbocycles. The Bertz CT molecular complexity index is 232. The van der Waals surface area contributed by atoms with Crippen LogP contribution < -0.4 is 0 Å². The number of aliphatic hydroxyl groups is 1. The molecule has 0 radical (unpaired) electrons. The number of carbonyl (C=O) groups excluding carboxylic acids is 2. The van der Waals surface area contributed by atoms with Crippen LogP contribution in [0.25, 0.3) is 0 Å². The second-order valence-corrected chi connectivity index (χ2v) is 3.43. The number of ether oxygens (including phenoxy) is 1. The minimum absolute atomic E-state index is 0.233. The van der Waals surface area contributed by atoms with Crippen LogP contribution >= 0.6 is 0 Å². The Morgan fingerprint density at radius 3 is 2.77 bits per heavy atom. The quantitative estimate of drug-likeness (QED) is 0.643. The minimum Gasteiger partial charge on any atom is -0.465 e. The number of Topliss-reactive ketones (excluding diaryl/α,β-unsaturated/α-hetero) is 1. The molecule has 0 bridgehead atoms. The van der Waals surface area contributed by atoms with Gasteiger partial charge in [0.2, 0.25) is 0 Å². The summed E-state index contributed by atoms with van der Waals surface area (Å²) in [7, 11) is 0. The molecule has 0 unspecified atom stereocenters. The van der Waals surface area contributed by atoms with Crippen molar-refractivity contribution in [1.82, 2.24) is 0 Å². The Balaban J connectivity index is 2.79. The van der Waals surface area contributed by atoms with Gasteiger partial charge in [-0.1, -0.05) is 6.92 Å². The number of carbonyl (C=O) groups is 2. The van der Waals surface area contributed by atoms with Crippen molar-refractivity contribution in [3.8, 4) is 0 Å². The highest BCUT2D eigenvalue weighted by Crippen LogP contribution is 2.28. The number of cyclic esters (lactones) is 1. The van der Waals surface area contributed by atoms with E-state index in [9.17, 15) is 14.7 Å². The molecule has 4 nitrogen and oxygen atoms in total. The van der Waals surface area contributed by atoms with Crippen molar-refractivity contribution in [2.24, 2.45) is 5.92 Å². The lowest BCUT2D eigenvalue weighted by Gasteiger charge is -2.24. The topological polar surface area (TPSA) is 63.6 Å². The molecule has 1 fully saturated rings. The van der Waals surface area contributed by atoms with Crippen molar-refractivity contribution in [1.29, 1.82) is 0 Å². The normalized spacial score (nSPS) is 26.7. The summed E-state index contributed by atoms with van der Waals surface area (Å²) in [5, 5.41) is 9.80. The predicted octanol–water partition coefficient (Wildman–Crippen LogP) is 0.280. The van der Waals surface area contributed by atoms with Crippen LogP contribution in [-0.4, -0.2) is 29.1 Å². The fourth-order valence-electron chi connectivity index (χ4n) is 1.56. The second kappa shape index (κ2) is 3.46. The van der Waals surface area contributed by atoms with Gasteiger partial charge in [-0.3, -0.25) is 9.59 Å². The third-order valence-corrected chi connectivity index (χ3v) is 2.50. The first-order valence-corrected chi connectivity index (χ1v) is 4.42. The zero-order valence-electron chi connectivity index (χ0n) is 7.87. The smallest absolute Gasteiger partial charge is 0.312 e. The number of rotatable bonds is 3. The zero-order valence-corrected chi connectivity index (χ0v) is 7.87. The van der Waals surface area contributed by atoms with Crippen LogP contribution in [0.2, 0.25) is 0 Å². The molecule has 0 aromatic heterocycles. The van der Waals surface area contributed by atoms with Crippen LogP contribution in [0.4, 0.5) is 0 Å². The Morgan fingerprint density at radius 1 is 1.77 bits per heavy atom. The average molecular weight is 186 g/mol. The van der Waals surface area contributed by atoms with Gasteiger partial charge in [-0.05, 0) is 13.3 Å². The average Bonchev–Trinajstić information content (AvgIpc) is 2.50. The summed E-state index contributed by atoms with van der Waals surface area (Å²) in [6.45, 7) is 3.35. The van der Waals surface area contributed by atoms with E-state index < -0.39 is 17.5 Å². The molecule has 2 atom stereocenters. The fraction of sp³-hybridized carbons (Fsp3) is 0.778. The van der Waals surface area contributed by atoms with E-state index >= 15 is 0 Å². The van der Waals surface area contributed by atoms with Crippen LogP contribution in [0.1, 0.15) is 26.7 Å². The van der Waals surface area contributed by atoms with Gasteiger partial charge in [-0.15, -0.1) is 0 Å². The largest absolute Gasteiger partial charge is 0.465 e. The van der Waals surface area contributed by atoms with Crippen molar-refractivity contribution in [2.75, 3.05) is 6.61 Å². The van der Waals surface area contributed by atoms with Crippen LogP contribution in [0, 0.1) is 5.92 Å². The Labute approximate surface area is 76.9 Å². The molecule has 0 aromatic rings. The highest BCUT2D eigenvalue weighted by Gasteiger charge is 2.45. The molecular weight excluding hydrogens is 172 g/mol. The summed E-state index contributed by atoms with van der Waals surface area (Å²) >= 11 is 0. The molecular formula is C9H14O4. The molecule has 1 saturated heterocycles. The van der Waals surface area contributed by atoms with Crippen LogP contribution in [0.3, 0.4) is 0 Å². The first-order chi connectivity index (χ1) is 6.00. The van der Waals surface area contributed by atoms with Gasteiger partial charge >= 0.3 is 5.97 Å². The number of hydrogen-bond donors (Lipinski definition) is 1. The Morgan fingerprint density at radius 2 is 2.38 bits per heavy atom. The van der Waals surface area contributed by atoms with Crippen molar-refractivity contribution >= 4 is 11.8 Å². The second-order valence-electron chi connectivity index (χ2n) is 3.43. The number of hydrogen-bond acceptors (Lipinski definition) is 4. The molecule has 4 heteroatoms. The van der Waals surface area contributed by atoms with Gasteiger partial charge in [-0.25, -0.2) is 0 Å². The molecule has 1 heterocycles. The molecule has 1 rings (SSSR count). The third-order valence-electron chi connectivity index (χ3n) is 2.50. The molecule has 13 heavy (non-hydrogen) atoms.